The normalized spacial score (nSPS) is 10.7. The van der Waals surface area contributed by atoms with Gasteiger partial charge >= 0.3 is 0 Å². The smallest absolute Gasteiger partial charge is 0.180 e. The number of nitrogens with zero attached hydrogens (tertiary/aromatic N) is 4. The third kappa shape index (κ3) is 2.43. The Labute approximate surface area is 108 Å². The van der Waals surface area contributed by atoms with Crippen LogP contribution in [0.15, 0.2) is 36.1 Å². The van der Waals surface area contributed by atoms with Crippen molar-refractivity contribution in [3.63, 3.8) is 0 Å². The van der Waals surface area contributed by atoms with Crippen molar-refractivity contribution in [2.45, 2.75) is 6.42 Å². The zero-order chi connectivity index (χ0) is 12.2. The van der Waals surface area contributed by atoms with E-state index in [0.717, 1.165) is 29.3 Å². The van der Waals surface area contributed by atoms with Gasteiger partial charge in [0.15, 0.2) is 5.65 Å². The predicted octanol–water partition coefficient (Wildman–Crippen LogP) is 2.14. The van der Waals surface area contributed by atoms with E-state index >= 15 is 0 Å². The Kier molecular flexibility index (Phi) is 3.10. The lowest BCUT2D eigenvalue weighted by Gasteiger charge is -2.04. The lowest BCUT2D eigenvalue weighted by molar-refractivity contribution is 0.988. The molecule has 3 aromatic heterocycles. The third-order valence-corrected chi connectivity index (χ3v) is 3.30. The van der Waals surface area contributed by atoms with E-state index in [0.29, 0.717) is 5.65 Å². The standard InChI is InChI=1S/C12H11N5S/c1-2-10(14-4-3-11-15-7-8-18-11)17-12-9(1)13-5-6-16-12/h1-2,5-8H,3-4H2,(H,14,16,17). The molecule has 18 heavy (non-hydrogen) atoms. The Morgan fingerprint density at radius 1 is 1.06 bits per heavy atom. The number of fused-ring (bicyclic) bond motifs is 1. The summed E-state index contributed by atoms with van der Waals surface area (Å²) in [6.45, 7) is 0.812. The quantitative estimate of drug-likeness (QED) is 0.775. The average molecular weight is 257 g/mol. The minimum Gasteiger partial charge on any atom is -0.370 e. The maximum atomic E-state index is 4.39. The Morgan fingerprint density at radius 2 is 2.00 bits per heavy atom. The number of nitrogens with one attached hydrogen (secondary N) is 1. The molecule has 0 unspecified atom stereocenters. The third-order valence-electron chi connectivity index (χ3n) is 2.46. The van der Waals surface area contributed by atoms with Crippen LogP contribution in [-0.4, -0.2) is 26.5 Å². The largest absolute Gasteiger partial charge is 0.370 e. The molecule has 0 saturated carbocycles. The van der Waals surface area contributed by atoms with Crippen LogP contribution in [0.5, 0.6) is 0 Å². The molecule has 0 amide bonds. The molecule has 0 aliphatic carbocycles. The van der Waals surface area contributed by atoms with Crippen LogP contribution >= 0.6 is 11.3 Å². The van der Waals surface area contributed by atoms with Crippen LogP contribution < -0.4 is 5.32 Å². The highest BCUT2D eigenvalue weighted by atomic mass is 32.1. The molecule has 0 radical (unpaired) electrons. The molecule has 3 heterocycles. The van der Waals surface area contributed by atoms with Crippen LogP contribution in [0, 0.1) is 0 Å². The number of hydrogen-bond donors (Lipinski definition) is 1. The molecule has 0 fully saturated rings. The van der Waals surface area contributed by atoms with E-state index in [1.165, 1.54) is 0 Å². The summed E-state index contributed by atoms with van der Waals surface area (Å²) in [5.74, 6) is 0.819. The second-order valence-corrected chi connectivity index (χ2v) is 4.68. The number of pyridine rings is 1. The van der Waals surface area contributed by atoms with Gasteiger partial charge in [-0.1, -0.05) is 0 Å². The first-order valence-corrected chi connectivity index (χ1v) is 6.50. The summed E-state index contributed by atoms with van der Waals surface area (Å²) in [6.07, 6.45) is 6.04. The molecule has 90 valence electrons. The van der Waals surface area contributed by atoms with Gasteiger partial charge in [0, 0.05) is 36.9 Å². The molecule has 0 spiro atoms. The van der Waals surface area contributed by atoms with Gasteiger partial charge in [-0.3, -0.25) is 4.98 Å². The number of thiazole rings is 1. The Hall–Kier alpha value is -2.08. The van der Waals surface area contributed by atoms with Gasteiger partial charge in [0.1, 0.15) is 11.3 Å². The summed E-state index contributed by atoms with van der Waals surface area (Å²) in [5.41, 5.74) is 1.47. The molecule has 3 aromatic rings. The van der Waals surface area contributed by atoms with Gasteiger partial charge < -0.3 is 5.32 Å². The number of rotatable bonds is 4. The number of hydrogen-bond acceptors (Lipinski definition) is 6. The van der Waals surface area contributed by atoms with Crippen molar-refractivity contribution in [2.24, 2.45) is 0 Å². The maximum absolute atomic E-state index is 4.39. The second-order valence-electron chi connectivity index (χ2n) is 3.70. The zero-order valence-electron chi connectivity index (χ0n) is 9.58. The molecule has 0 aromatic carbocycles. The zero-order valence-corrected chi connectivity index (χ0v) is 10.4. The molecule has 3 rings (SSSR count). The van der Waals surface area contributed by atoms with E-state index in [9.17, 15) is 0 Å². The Bertz CT molecular complexity index is 638. The van der Waals surface area contributed by atoms with Crippen LogP contribution in [0.3, 0.4) is 0 Å². The highest BCUT2D eigenvalue weighted by Crippen LogP contribution is 2.10. The van der Waals surface area contributed by atoms with Crippen LogP contribution in [-0.2, 0) is 6.42 Å². The van der Waals surface area contributed by atoms with Crippen LogP contribution in [0.25, 0.3) is 11.2 Å². The van der Waals surface area contributed by atoms with Gasteiger partial charge in [0.05, 0.1) is 5.01 Å². The van der Waals surface area contributed by atoms with Crippen molar-refractivity contribution in [1.29, 1.82) is 0 Å². The molecule has 0 atom stereocenters. The highest BCUT2D eigenvalue weighted by molar-refractivity contribution is 7.09. The minimum absolute atomic E-state index is 0.664. The van der Waals surface area contributed by atoms with Crippen LogP contribution in [0.2, 0.25) is 0 Å². The van der Waals surface area contributed by atoms with E-state index in [4.69, 9.17) is 0 Å². The van der Waals surface area contributed by atoms with Crippen LogP contribution in [0.1, 0.15) is 5.01 Å². The summed E-state index contributed by atoms with van der Waals surface area (Å²) < 4.78 is 0. The molecule has 0 saturated heterocycles. The summed E-state index contributed by atoms with van der Waals surface area (Å²) in [5, 5.41) is 6.38. The molecular formula is C12H11N5S. The lowest BCUT2D eigenvalue weighted by Crippen LogP contribution is -2.06. The van der Waals surface area contributed by atoms with Gasteiger partial charge in [0.2, 0.25) is 0 Å². The minimum atomic E-state index is 0.664. The lowest BCUT2D eigenvalue weighted by atomic mass is 10.4. The molecule has 0 aliphatic heterocycles. The predicted molar refractivity (Wildman–Crippen MR) is 71.6 cm³/mol. The second kappa shape index (κ2) is 5.05. The van der Waals surface area contributed by atoms with Gasteiger partial charge in [-0.15, -0.1) is 11.3 Å². The first-order chi connectivity index (χ1) is 8.92. The fraction of sp³-hybridized carbons (Fsp3) is 0.167. The summed E-state index contributed by atoms with van der Waals surface area (Å²) >= 11 is 1.67. The SMILES string of the molecule is c1csc(CCNc2ccc3nccnc3n2)n1. The maximum Gasteiger partial charge on any atom is 0.180 e. The first kappa shape index (κ1) is 11.0. The van der Waals surface area contributed by atoms with E-state index in [-0.39, 0.29) is 0 Å². The van der Waals surface area contributed by atoms with Crippen molar-refractivity contribution < 1.29 is 0 Å². The molecular weight excluding hydrogens is 246 g/mol. The topological polar surface area (TPSA) is 63.6 Å². The highest BCUT2D eigenvalue weighted by Gasteiger charge is 2.00. The average Bonchev–Trinajstić information content (AvgIpc) is 2.92. The van der Waals surface area contributed by atoms with Gasteiger partial charge in [-0.25, -0.2) is 15.0 Å². The monoisotopic (exact) mass is 257 g/mol. The first-order valence-electron chi connectivity index (χ1n) is 5.62. The van der Waals surface area contributed by atoms with Crippen LogP contribution in [0.4, 0.5) is 5.82 Å². The van der Waals surface area contributed by atoms with Crippen molar-refractivity contribution in [3.05, 3.63) is 41.1 Å². The Morgan fingerprint density at radius 3 is 2.89 bits per heavy atom. The van der Waals surface area contributed by atoms with Crippen molar-refractivity contribution >= 4 is 28.3 Å². The fourth-order valence-corrected chi connectivity index (χ4v) is 2.25. The van der Waals surface area contributed by atoms with E-state index in [1.54, 1.807) is 23.7 Å². The van der Waals surface area contributed by atoms with Gasteiger partial charge in [-0.2, -0.15) is 0 Å². The molecule has 0 bridgehead atoms. The molecule has 0 aliphatic rings. The van der Waals surface area contributed by atoms with Crippen molar-refractivity contribution in [3.8, 4) is 0 Å². The van der Waals surface area contributed by atoms with Crippen molar-refractivity contribution in [2.75, 3.05) is 11.9 Å². The van der Waals surface area contributed by atoms with E-state index in [1.807, 2.05) is 23.7 Å². The summed E-state index contributed by atoms with van der Waals surface area (Å²) in [4.78, 5) is 17.0. The number of aromatic nitrogens is 4. The summed E-state index contributed by atoms with van der Waals surface area (Å²) in [7, 11) is 0. The fourth-order valence-electron chi connectivity index (χ4n) is 1.63. The van der Waals surface area contributed by atoms with E-state index < -0.39 is 0 Å². The molecule has 6 heteroatoms. The molecule has 1 N–H and O–H groups in total. The van der Waals surface area contributed by atoms with Gasteiger partial charge in [0.25, 0.3) is 0 Å². The Balaban J connectivity index is 1.67. The number of anilines is 1. The molecule has 5 nitrogen and oxygen atoms in total. The van der Waals surface area contributed by atoms with Gasteiger partial charge in [-0.05, 0) is 12.1 Å². The summed E-state index contributed by atoms with van der Waals surface area (Å²) in [6, 6.07) is 3.83. The van der Waals surface area contributed by atoms with E-state index in [2.05, 4.69) is 25.3 Å². The van der Waals surface area contributed by atoms with Crippen molar-refractivity contribution in [1.82, 2.24) is 19.9 Å².